The maximum absolute atomic E-state index is 4.67. The summed E-state index contributed by atoms with van der Waals surface area (Å²) >= 11 is 0. The van der Waals surface area contributed by atoms with Crippen LogP contribution < -0.4 is 10.2 Å². The molecule has 0 aliphatic carbocycles. The van der Waals surface area contributed by atoms with Gasteiger partial charge in [-0.15, -0.1) is 0 Å². The normalized spacial score (nSPS) is 18.8. The number of aromatic nitrogens is 2. The van der Waals surface area contributed by atoms with E-state index >= 15 is 0 Å². The summed E-state index contributed by atoms with van der Waals surface area (Å²) in [5.74, 6) is 0.859. The third-order valence-electron chi connectivity index (χ3n) is 4.28. The molecule has 1 aromatic carbocycles. The number of hydrogen-bond acceptors (Lipinski definition) is 4. The van der Waals surface area contributed by atoms with Gasteiger partial charge in [0.2, 0.25) is 5.95 Å². The molecule has 1 saturated heterocycles. The molecule has 0 amide bonds. The Bertz CT molecular complexity index is 601. The highest BCUT2D eigenvalue weighted by Gasteiger charge is 2.23. The highest BCUT2D eigenvalue weighted by molar-refractivity contribution is 5.38. The Labute approximate surface area is 126 Å². The first-order valence-corrected chi connectivity index (χ1v) is 7.50. The standard InChI is InChI=1S/C17H22N4/c1-12-13(2)19-17(20-14(12)3)21-10-9-18-16(11-21)15-7-5-4-6-8-15/h4-8,16,18H,9-11H2,1-3H3. The minimum atomic E-state index is 0.338. The number of aryl methyl sites for hydroxylation is 2. The van der Waals surface area contributed by atoms with Crippen LogP contribution in [0.5, 0.6) is 0 Å². The van der Waals surface area contributed by atoms with E-state index < -0.39 is 0 Å². The molecule has 4 nitrogen and oxygen atoms in total. The van der Waals surface area contributed by atoms with Gasteiger partial charge in [-0.1, -0.05) is 30.3 Å². The van der Waals surface area contributed by atoms with Gasteiger partial charge in [0.25, 0.3) is 0 Å². The summed E-state index contributed by atoms with van der Waals surface area (Å²) in [4.78, 5) is 11.6. The third kappa shape index (κ3) is 2.90. The van der Waals surface area contributed by atoms with Crippen LogP contribution in [-0.4, -0.2) is 29.6 Å². The number of nitrogens with one attached hydrogen (secondary N) is 1. The van der Waals surface area contributed by atoms with Gasteiger partial charge < -0.3 is 10.2 Å². The number of piperazine rings is 1. The van der Waals surface area contributed by atoms with Gasteiger partial charge in [-0.05, 0) is 31.9 Å². The average molecular weight is 282 g/mol. The van der Waals surface area contributed by atoms with E-state index in [0.717, 1.165) is 37.0 Å². The van der Waals surface area contributed by atoms with Crippen molar-refractivity contribution in [2.45, 2.75) is 26.8 Å². The van der Waals surface area contributed by atoms with E-state index in [1.54, 1.807) is 0 Å². The van der Waals surface area contributed by atoms with Gasteiger partial charge in [0.15, 0.2) is 0 Å². The lowest BCUT2D eigenvalue weighted by Crippen LogP contribution is -2.46. The molecular weight excluding hydrogens is 260 g/mol. The molecule has 3 rings (SSSR count). The highest BCUT2D eigenvalue weighted by Crippen LogP contribution is 2.21. The van der Waals surface area contributed by atoms with E-state index in [1.807, 2.05) is 0 Å². The van der Waals surface area contributed by atoms with Gasteiger partial charge in [-0.2, -0.15) is 0 Å². The quantitative estimate of drug-likeness (QED) is 0.919. The predicted molar refractivity (Wildman–Crippen MR) is 85.6 cm³/mol. The minimum Gasteiger partial charge on any atom is -0.338 e. The van der Waals surface area contributed by atoms with Gasteiger partial charge in [0, 0.05) is 37.1 Å². The second-order valence-corrected chi connectivity index (χ2v) is 5.68. The first-order valence-electron chi connectivity index (χ1n) is 7.50. The smallest absolute Gasteiger partial charge is 0.225 e. The summed E-state index contributed by atoms with van der Waals surface area (Å²) in [6.07, 6.45) is 0. The molecular formula is C17H22N4. The van der Waals surface area contributed by atoms with Gasteiger partial charge in [0.1, 0.15) is 0 Å². The Kier molecular flexibility index (Phi) is 3.88. The Morgan fingerprint density at radius 3 is 2.38 bits per heavy atom. The van der Waals surface area contributed by atoms with Crippen molar-refractivity contribution in [3.63, 3.8) is 0 Å². The lowest BCUT2D eigenvalue weighted by molar-refractivity contribution is 0.466. The van der Waals surface area contributed by atoms with Crippen LogP contribution in [0.4, 0.5) is 5.95 Å². The monoisotopic (exact) mass is 282 g/mol. The fourth-order valence-electron chi connectivity index (χ4n) is 2.74. The molecule has 2 aromatic rings. The van der Waals surface area contributed by atoms with Gasteiger partial charge in [-0.3, -0.25) is 0 Å². The Morgan fingerprint density at radius 2 is 1.71 bits per heavy atom. The molecule has 0 bridgehead atoms. The van der Waals surface area contributed by atoms with Crippen molar-refractivity contribution in [1.29, 1.82) is 0 Å². The van der Waals surface area contributed by atoms with E-state index in [2.05, 4.69) is 71.3 Å². The van der Waals surface area contributed by atoms with E-state index in [-0.39, 0.29) is 0 Å². The van der Waals surface area contributed by atoms with E-state index in [4.69, 9.17) is 0 Å². The molecule has 4 heteroatoms. The summed E-state index contributed by atoms with van der Waals surface area (Å²) in [5.41, 5.74) is 4.66. The van der Waals surface area contributed by atoms with Gasteiger partial charge >= 0.3 is 0 Å². The van der Waals surface area contributed by atoms with Crippen molar-refractivity contribution >= 4 is 5.95 Å². The first-order chi connectivity index (χ1) is 10.1. The van der Waals surface area contributed by atoms with Gasteiger partial charge in [0.05, 0.1) is 0 Å². The van der Waals surface area contributed by atoms with Crippen LogP contribution in [0.2, 0.25) is 0 Å². The predicted octanol–water partition coefficient (Wildman–Crippen LogP) is 2.55. The number of anilines is 1. The number of nitrogens with zero attached hydrogens (tertiary/aromatic N) is 3. The lowest BCUT2D eigenvalue weighted by atomic mass is 10.0. The average Bonchev–Trinajstić information content (AvgIpc) is 2.53. The summed E-state index contributed by atoms with van der Waals surface area (Å²) < 4.78 is 0. The van der Waals surface area contributed by atoms with Crippen LogP contribution in [0, 0.1) is 20.8 Å². The Morgan fingerprint density at radius 1 is 1.05 bits per heavy atom. The van der Waals surface area contributed by atoms with Crippen LogP contribution in [0.3, 0.4) is 0 Å². The van der Waals surface area contributed by atoms with Crippen LogP contribution in [-0.2, 0) is 0 Å². The largest absolute Gasteiger partial charge is 0.338 e. The summed E-state index contributed by atoms with van der Waals surface area (Å²) in [7, 11) is 0. The van der Waals surface area contributed by atoms with Gasteiger partial charge in [-0.25, -0.2) is 9.97 Å². The van der Waals surface area contributed by atoms with E-state index in [9.17, 15) is 0 Å². The SMILES string of the molecule is Cc1nc(N2CCNC(c3ccccc3)C2)nc(C)c1C. The van der Waals surface area contributed by atoms with Crippen molar-refractivity contribution in [2.75, 3.05) is 24.5 Å². The molecule has 110 valence electrons. The number of rotatable bonds is 2. The second-order valence-electron chi connectivity index (χ2n) is 5.68. The van der Waals surface area contributed by atoms with E-state index in [0.29, 0.717) is 6.04 Å². The maximum atomic E-state index is 4.67. The number of hydrogen-bond donors (Lipinski definition) is 1. The van der Waals surface area contributed by atoms with Crippen LogP contribution in [0.1, 0.15) is 28.6 Å². The zero-order chi connectivity index (χ0) is 14.8. The molecule has 1 N–H and O–H groups in total. The molecule has 21 heavy (non-hydrogen) atoms. The minimum absolute atomic E-state index is 0.338. The molecule has 1 fully saturated rings. The molecule has 1 unspecified atom stereocenters. The Balaban J connectivity index is 1.83. The summed E-state index contributed by atoms with van der Waals surface area (Å²) in [5, 5.41) is 3.58. The maximum Gasteiger partial charge on any atom is 0.225 e. The van der Waals surface area contributed by atoms with Crippen LogP contribution in [0.25, 0.3) is 0 Å². The molecule has 1 aliphatic rings. The fraction of sp³-hybridized carbons (Fsp3) is 0.412. The highest BCUT2D eigenvalue weighted by atomic mass is 15.3. The molecule has 1 atom stereocenters. The van der Waals surface area contributed by atoms with E-state index in [1.165, 1.54) is 11.1 Å². The topological polar surface area (TPSA) is 41.1 Å². The zero-order valence-corrected chi connectivity index (χ0v) is 12.9. The van der Waals surface area contributed by atoms with Crippen molar-refractivity contribution in [3.8, 4) is 0 Å². The fourth-order valence-corrected chi connectivity index (χ4v) is 2.74. The van der Waals surface area contributed by atoms with Crippen molar-refractivity contribution < 1.29 is 0 Å². The Hall–Kier alpha value is -1.94. The molecule has 1 aromatic heterocycles. The molecule has 2 heterocycles. The lowest BCUT2D eigenvalue weighted by Gasteiger charge is -2.34. The molecule has 0 radical (unpaired) electrons. The third-order valence-corrected chi connectivity index (χ3v) is 4.28. The molecule has 1 aliphatic heterocycles. The molecule has 0 spiro atoms. The first kappa shape index (κ1) is 14.0. The second kappa shape index (κ2) is 5.82. The summed E-state index contributed by atoms with van der Waals surface area (Å²) in [6.45, 7) is 9.01. The number of benzene rings is 1. The van der Waals surface area contributed by atoms with Crippen LogP contribution >= 0.6 is 0 Å². The van der Waals surface area contributed by atoms with Crippen molar-refractivity contribution in [2.24, 2.45) is 0 Å². The summed E-state index contributed by atoms with van der Waals surface area (Å²) in [6, 6.07) is 10.9. The zero-order valence-electron chi connectivity index (χ0n) is 12.9. The van der Waals surface area contributed by atoms with Crippen molar-refractivity contribution in [1.82, 2.24) is 15.3 Å². The van der Waals surface area contributed by atoms with Crippen molar-refractivity contribution in [3.05, 3.63) is 52.8 Å². The molecule has 0 saturated carbocycles. The van der Waals surface area contributed by atoms with Crippen LogP contribution in [0.15, 0.2) is 30.3 Å².